The van der Waals surface area contributed by atoms with Gasteiger partial charge in [0.25, 0.3) is 0 Å². The number of thiophene rings is 1. The van der Waals surface area contributed by atoms with Crippen molar-refractivity contribution in [2.45, 2.75) is 13.8 Å². The van der Waals surface area contributed by atoms with Crippen LogP contribution < -0.4 is 10.6 Å². The van der Waals surface area contributed by atoms with Crippen LogP contribution in [0.3, 0.4) is 0 Å². The summed E-state index contributed by atoms with van der Waals surface area (Å²) in [6, 6.07) is 17.5. The number of carbonyl (C=O) groups excluding carboxylic acids is 1. The average molecular weight is 475 g/mol. The lowest BCUT2D eigenvalue weighted by Gasteiger charge is -2.12. The smallest absolute Gasteiger partial charge is 0.341 e. The maximum Gasteiger partial charge on any atom is 0.341 e. The van der Waals surface area contributed by atoms with Gasteiger partial charge in [-0.15, -0.1) is 11.3 Å². The summed E-state index contributed by atoms with van der Waals surface area (Å²) in [7, 11) is 0. The fourth-order valence-corrected chi connectivity index (χ4v) is 4.57. The molecule has 2 N–H and O–H groups in total. The van der Waals surface area contributed by atoms with Crippen LogP contribution in [-0.2, 0) is 4.74 Å². The summed E-state index contributed by atoms with van der Waals surface area (Å²) < 4.78 is 6.27. The Labute approximate surface area is 182 Å². The molecule has 7 heteroatoms. The second-order valence-corrected chi connectivity index (χ2v) is 8.46. The number of hydrogen-bond donors (Lipinski definition) is 2. The van der Waals surface area contributed by atoms with Gasteiger partial charge in [-0.25, -0.2) is 4.79 Å². The minimum Gasteiger partial charge on any atom is -0.462 e. The van der Waals surface area contributed by atoms with E-state index in [2.05, 4.69) is 26.6 Å². The second kappa shape index (κ2) is 9.32. The Balaban J connectivity index is 1.94. The van der Waals surface area contributed by atoms with Gasteiger partial charge in [0.2, 0.25) is 0 Å². The van der Waals surface area contributed by atoms with Gasteiger partial charge >= 0.3 is 5.97 Å². The summed E-state index contributed by atoms with van der Waals surface area (Å²) in [5.74, 6) is -0.363. The molecular weight excluding hydrogens is 456 g/mol. The number of benzene rings is 2. The fourth-order valence-electron chi connectivity index (χ4n) is 2.81. The van der Waals surface area contributed by atoms with Crippen LogP contribution >= 0.6 is 39.5 Å². The van der Waals surface area contributed by atoms with Crippen molar-refractivity contribution in [1.82, 2.24) is 0 Å². The van der Waals surface area contributed by atoms with Crippen LogP contribution in [0.1, 0.15) is 22.2 Å². The Morgan fingerprint density at radius 3 is 2.57 bits per heavy atom. The molecule has 1 heterocycles. The Morgan fingerprint density at radius 1 is 1.14 bits per heavy atom. The summed E-state index contributed by atoms with van der Waals surface area (Å²) in [6.45, 7) is 4.10. The number of halogens is 1. The molecule has 3 rings (SSSR count). The van der Waals surface area contributed by atoms with Gasteiger partial charge in [-0.1, -0.05) is 52.3 Å². The van der Waals surface area contributed by atoms with Gasteiger partial charge < -0.3 is 15.4 Å². The molecule has 144 valence electrons. The number of ether oxygens (including phenoxy) is 1. The largest absolute Gasteiger partial charge is 0.462 e. The third kappa shape index (κ3) is 4.79. The number of nitrogens with one attached hydrogen (secondary N) is 2. The number of rotatable bonds is 5. The topological polar surface area (TPSA) is 50.4 Å². The van der Waals surface area contributed by atoms with Gasteiger partial charge in [0, 0.05) is 20.6 Å². The Hall–Kier alpha value is -2.22. The van der Waals surface area contributed by atoms with E-state index in [1.54, 1.807) is 6.92 Å². The molecule has 0 aliphatic rings. The number of carbonyl (C=O) groups is 1. The first-order chi connectivity index (χ1) is 13.5. The third-order valence-electron chi connectivity index (χ3n) is 3.94. The predicted octanol–water partition coefficient (Wildman–Crippen LogP) is 6.47. The first-order valence-corrected chi connectivity index (χ1v) is 10.7. The van der Waals surface area contributed by atoms with E-state index < -0.39 is 0 Å². The van der Waals surface area contributed by atoms with Crippen molar-refractivity contribution >= 4 is 61.3 Å². The molecule has 0 unspecified atom stereocenters. The minimum atomic E-state index is -0.363. The number of thiocarbonyl (C=S) groups is 1. The van der Waals surface area contributed by atoms with Crippen molar-refractivity contribution in [3.63, 3.8) is 0 Å². The second-order valence-electron chi connectivity index (χ2n) is 5.91. The van der Waals surface area contributed by atoms with Crippen molar-refractivity contribution < 1.29 is 9.53 Å². The van der Waals surface area contributed by atoms with Crippen molar-refractivity contribution in [1.29, 1.82) is 0 Å². The van der Waals surface area contributed by atoms with Gasteiger partial charge in [-0.2, -0.15) is 0 Å². The summed E-state index contributed by atoms with van der Waals surface area (Å²) in [4.78, 5) is 13.7. The van der Waals surface area contributed by atoms with E-state index in [-0.39, 0.29) is 5.97 Å². The Kier molecular flexibility index (Phi) is 6.83. The molecule has 28 heavy (non-hydrogen) atoms. The molecule has 1 aromatic heterocycles. The number of anilines is 2. The third-order valence-corrected chi connectivity index (χ3v) is 5.65. The van der Waals surface area contributed by atoms with Gasteiger partial charge in [0.15, 0.2) is 5.11 Å². The highest BCUT2D eigenvalue weighted by atomic mass is 79.9. The molecule has 0 saturated heterocycles. The molecule has 0 aliphatic carbocycles. The minimum absolute atomic E-state index is 0.308. The van der Waals surface area contributed by atoms with E-state index in [9.17, 15) is 4.79 Å². The van der Waals surface area contributed by atoms with E-state index in [4.69, 9.17) is 17.0 Å². The molecule has 0 atom stereocenters. The predicted molar refractivity (Wildman–Crippen MR) is 124 cm³/mol. The van der Waals surface area contributed by atoms with Gasteiger partial charge in [0.1, 0.15) is 10.6 Å². The zero-order valence-electron chi connectivity index (χ0n) is 15.4. The highest BCUT2D eigenvalue weighted by Crippen LogP contribution is 2.40. The summed E-state index contributed by atoms with van der Waals surface area (Å²) >= 11 is 10.4. The van der Waals surface area contributed by atoms with Crippen LogP contribution in [0.5, 0.6) is 0 Å². The molecule has 3 aromatic rings. The average Bonchev–Trinajstić information content (AvgIpc) is 2.98. The number of hydrogen-bond acceptors (Lipinski definition) is 4. The zero-order chi connectivity index (χ0) is 20.1. The fraction of sp³-hybridized carbons (Fsp3) is 0.143. The first-order valence-electron chi connectivity index (χ1n) is 8.69. The van der Waals surface area contributed by atoms with Crippen molar-refractivity contribution in [2.24, 2.45) is 0 Å². The lowest BCUT2D eigenvalue weighted by Crippen LogP contribution is -2.20. The molecule has 2 aromatic carbocycles. The van der Waals surface area contributed by atoms with Crippen molar-refractivity contribution in [3.05, 3.63) is 69.5 Å². The van der Waals surface area contributed by atoms with Crippen LogP contribution in [0.15, 0.2) is 59.1 Å². The Bertz CT molecular complexity index is 1000. The molecule has 0 radical (unpaired) electrons. The molecule has 0 bridgehead atoms. The lowest BCUT2D eigenvalue weighted by atomic mass is 10.0. The quantitative estimate of drug-likeness (QED) is 0.327. The molecule has 0 fully saturated rings. The van der Waals surface area contributed by atoms with Crippen LogP contribution in [0, 0.1) is 6.92 Å². The van der Waals surface area contributed by atoms with E-state index in [1.807, 2.05) is 61.5 Å². The highest BCUT2D eigenvalue weighted by Gasteiger charge is 2.24. The van der Waals surface area contributed by atoms with Crippen LogP contribution in [0.25, 0.3) is 11.1 Å². The normalized spacial score (nSPS) is 10.4. The van der Waals surface area contributed by atoms with Gasteiger partial charge in [-0.3, -0.25) is 0 Å². The summed E-state index contributed by atoms with van der Waals surface area (Å²) in [5, 5.41) is 7.39. The van der Waals surface area contributed by atoms with Crippen LogP contribution in [0.2, 0.25) is 0 Å². The monoisotopic (exact) mass is 474 g/mol. The lowest BCUT2D eigenvalue weighted by molar-refractivity contribution is 0.0529. The molecule has 0 saturated carbocycles. The maximum absolute atomic E-state index is 12.7. The standard InChI is InChI=1S/C21H19BrN2O2S2/c1-3-26-20(25)18-17(14-8-5-4-6-9-14)13(2)28-19(18)24-21(27)23-16-11-7-10-15(22)12-16/h4-12H,3H2,1-2H3,(H2,23,24,27). The van der Waals surface area contributed by atoms with E-state index in [0.29, 0.717) is 22.3 Å². The van der Waals surface area contributed by atoms with Crippen LogP contribution in [-0.4, -0.2) is 17.7 Å². The number of esters is 1. The summed E-state index contributed by atoms with van der Waals surface area (Å²) in [6.07, 6.45) is 0. The van der Waals surface area contributed by atoms with Crippen molar-refractivity contribution in [3.8, 4) is 11.1 Å². The van der Waals surface area contributed by atoms with Gasteiger partial charge in [-0.05, 0) is 49.8 Å². The van der Waals surface area contributed by atoms with Crippen molar-refractivity contribution in [2.75, 3.05) is 17.2 Å². The summed E-state index contributed by atoms with van der Waals surface area (Å²) in [5.41, 5.74) is 3.20. The highest BCUT2D eigenvalue weighted by molar-refractivity contribution is 9.10. The SMILES string of the molecule is CCOC(=O)c1c(NC(=S)Nc2cccc(Br)c2)sc(C)c1-c1ccccc1. The van der Waals surface area contributed by atoms with E-state index in [1.165, 1.54) is 11.3 Å². The number of aryl methyl sites for hydroxylation is 1. The van der Waals surface area contributed by atoms with Crippen LogP contribution in [0.4, 0.5) is 10.7 Å². The van der Waals surface area contributed by atoms with E-state index >= 15 is 0 Å². The molecule has 4 nitrogen and oxygen atoms in total. The molecule has 0 aliphatic heterocycles. The zero-order valence-corrected chi connectivity index (χ0v) is 18.6. The first kappa shape index (κ1) is 20.5. The Morgan fingerprint density at radius 2 is 1.89 bits per heavy atom. The van der Waals surface area contributed by atoms with Gasteiger partial charge in [0.05, 0.1) is 6.61 Å². The molecule has 0 spiro atoms. The van der Waals surface area contributed by atoms with E-state index in [0.717, 1.165) is 26.2 Å². The molecular formula is C21H19BrN2O2S2. The maximum atomic E-state index is 12.7. The molecule has 0 amide bonds.